The molecule has 38 heavy (non-hydrogen) atoms. The van der Waals surface area contributed by atoms with Gasteiger partial charge in [0.1, 0.15) is 18.5 Å². The van der Waals surface area contributed by atoms with Gasteiger partial charge < -0.3 is 33.3 Å². The number of nitrogens with zero attached hydrogens (tertiary/aromatic N) is 5. The first-order chi connectivity index (χ1) is 18.3. The lowest BCUT2D eigenvalue weighted by Gasteiger charge is -2.50. The Morgan fingerprint density at radius 3 is 2.79 bits per heavy atom. The van der Waals surface area contributed by atoms with E-state index in [4.69, 9.17) is 18.4 Å². The van der Waals surface area contributed by atoms with Crippen LogP contribution in [-0.4, -0.2) is 60.9 Å². The summed E-state index contributed by atoms with van der Waals surface area (Å²) >= 11 is 8.67. The van der Waals surface area contributed by atoms with Gasteiger partial charge in [0, 0.05) is 39.9 Å². The van der Waals surface area contributed by atoms with E-state index in [-0.39, 0.29) is 16.7 Å². The Kier molecular flexibility index (Phi) is 7.38. The smallest absolute Gasteiger partial charge is 0.278 e. The lowest BCUT2D eigenvalue weighted by molar-refractivity contribution is -0.671. The molecule has 2 atom stereocenters. The topological polar surface area (TPSA) is 144 Å². The van der Waals surface area contributed by atoms with Crippen LogP contribution in [0.2, 0.25) is 0 Å². The molecule has 5 heterocycles. The van der Waals surface area contributed by atoms with E-state index in [9.17, 15) is 18.8 Å². The van der Waals surface area contributed by atoms with E-state index in [1.54, 1.807) is 0 Å². The monoisotopic (exact) mass is 591 g/mol. The van der Waals surface area contributed by atoms with Crippen molar-refractivity contribution in [3.8, 4) is 11.1 Å². The molecule has 3 N–H and O–H groups in total. The van der Waals surface area contributed by atoms with E-state index in [2.05, 4.69) is 24.7 Å². The molecule has 0 radical (unpaired) electrons. The highest BCUT2D eigenvalue weighted by atomic mass is 32.2. The summed E-state index contributed by atoms with van der Waals surface area (Å²) in [4.78, 5) is 49.0. The summed E-state index contributed by atoms with van der Waals surface area (Å²) in [5.41, 5.74) is 7.95. The summed E-state index contributed by atoms with van der Waals surface area (Å²) in [5.74, 6) is -1.12. The van der Waals surface area contributed by atoms with Crippen LogP contribution in [-0.2, 0) is 38.9 Å². The first-order valence-corrected chi connectivity index (χ1v) is 14.0. The van der Waals surface area contributed by atoms with Gasteiger partial charge in [0.05, 0.1) is 10.8 Å². The maximum atomic E-state index is 13.1. The number of amides is 2. The normalized spacial score (nSPS) is 19.2. The van der Waals surface area contributed by atoms with E-state index in [0.29, 0.717) is 11.3 Å². The predicted molar refractivity (Wildman–Crippen MR) is 143 cm³/mol. The zero-order valence-electron chi connectivity index (χ0n) is 19.5. The number of nitrogen functional groups attached to an aromatic ring is 1. The predicted octanol–water partition coefficient (Wildman–Crippen LogP) is 1.21. The van der Waals surface area contributed by atoms with Gasteiger partial charge in [-0.15, -0.1) is 23.1 Å². The largest absolute Gasteiger partial charge is 0.735 e. The van der Waals surface area contributed by atoms with Crippen molar-refractivity contribution in [2.24, 2.45) is 12.2 Å². The van der Waals surface area contributed by atoms with Gasteiger partial charge in [0.15, 0.2) is 17.5 Å². The molecule has 0 aliphatic carbocycles. The molecule has 0 unspecified atom stereocenters. The third-order valence-corrected chi connectivity index (χ3v) is 8.74. The SMILES string of the molecule is C[n+]1ccc(-c2csc(C3=C(C(=O)[S-])N4C(=O)[C@@H](NC(=O)/C(=N\OCF)c5nsc(N)n5)[C@H]4SC3)c2)cc1. The fraction of sp³-hybridized carbons (Fsp3) is 0.227. The summed E-state index contributed by atoms with van der Waals surface area (Å²) in [6.07, 6.45) is 3.88. The van der Waals surface area contributed by atoms with Crippen molar-refractivity contribution >= 4 is 80.6 Å². The van der Waals surface area contributed by atoms with Gasteiger partial charge in [0.2, 0.25) is 11.5 Å². The molecule has 3 aromatic rings. The van der Waals surface area contributed by atoms with Gasteiger partial charge in [0.25, 0.3) is 18.7 Å². The van der Waals surface area contributed by atoms with Gasteiger partial charge >= 0.3 is 0 Å². The number of nitrogens with two attached hydrogens (primary N) is 1. The van der Waals surface area contributed by atoms with E-state index in [1.165, 1.54) is 28.0 Å². The Hall–Kier alpha value is -3.47. The average molecular weight is 592 g/mol. The van der Waals surface area contributed by atoms with Gasteiger partial charge in [-0.05, 0) is 22.6 Å². The molecule has 2 amide bonds. The number of rotatable bonds is 8. The summed E-state index contributed by atoms with van der Waals surface area (Å²) in [7, 11) is 1.93. The third kappa shape index (κ3) is 4.87. The molecule has 0 aromatic carbocycles. The minimum absolute atomic E-state index is 0.0683. The molecular formula is C22H18FN7O4S4. The Labute approximate surface area is 233 Å². The molecule has 5 rings (SSSR count). The first kappa shape index (κ1) is 26.1. The van der Waals surface area contributed by atoms with Crippen molar-refractivity contribution in [1.82, 2.24) is 19.6 Å². The number of carbonyl (C=O) groups is 3. The maximum absolute atomic E-state index is 13.1. The Morgan fingerprint density at radius 2 is 2.13 bits per heavy atom. The summed E-state index contributed by atoms with van der Waals surface area (Å²) in [6, 6.07) is 4.97. The molecule has 0 spiro atoms. The zero-order chi connectivity index (χ0) is 27.0. The number of hydrogen-bond acceptors (Lipinski definition) is 12. The van der Waals surface area contributed by atoms with E-state index in [1.807, 2.05) is 47.6 Å². The summed E-state index contributed by atoms with van der Waals surface area (Å²) in [6.45, 7) is -1.28. The van der Waals surface area contributed by atoms with Gasteiger partial charge in [-0.1, -0.05) is 5.16 Å². The highest BCUT2D eigenvalue weighted by Gasteiger charge is 2.53. The minimum Gasteiger partial charge on any atom is -0.735 e. The van der Waals surface area contributed by atoms with Crippen LogP contribution >= 0.6 is 34.6 Å². The van der Waals surface area contributed by atoms with E-state index < -0.39 is 40.9 Å². The second-order valence-electron chi connectivity index (χ2n) is 8.06. The number of halogens is 1. The molecule has 16 heteroatoms. The van der Waals surface area contributed by atoms with Crippen molar-refractivity contribution in [3.63, 3.8) is 0 Å². The van der Waals surface area contributed by atoms with Gasteiger partial charge in [-0.25, -0.2) is 8.96 Å². The Morgan fingerprint density at radius 1 is 1.37 bits per heavy atom. The Balaban J connectivity index is 1.38. The number of pyridine rings is 1. The second-order valence-corrected chi connectivity index (χ2v) is 11.2. The fourth-order valence-corrected chi connectivity index (χ4v) is 7.03. The molecule has 1 saturated heterocycles. The number of oxime groups is 1. The third-order valence-electron chi connectivity index (χ3n) is 5.73. The number of carbonyl (C=O) groups excluding carboxylic acids is 3. The number of anilines is 1. The molecule has 0 saturated carbocycles. The molecule has 3 aromatic heterocycles. The molecular weight excluding hydrogens is 574 g/mol. The summed E-state index contributed by atoms with van der Waals surface area (Å²) in [5, 5.41) is 6.82. The van der Waals surface area contributed by atoms with Crippen LogP contribution in [0, 0.1) is 0 Å². The molecule has 11 nitrogen and oxygen atoms in total. The summed E-state index contributed by atoms with van der Waals surface area (Å²) < 4.78 is 18.4. The lowest BCUT2D eigenvalue weighted by atomic mass is 10.0. The number of β-lactam (4-membered cyclic amide) rings is 1. The Bertz CT molecular complexity index is 1490. The molecule has 196 valence electrons. The standard InChI is InChI=1S/C22H18FN7O4S4/c1-29-4-2-10(3-5-29)11-6-13(36-7-11)12-8-37-20-15(19(32)30(20)16(12)21(33)35)25-18(31)14(27-34-9-23)17-26-22(24)38-28-17/h2-7,15,20H,8-9H2,1H3,(H3-,24,25,26,28,31,33,35)/b27-14-/t15-,20-/m1/s1. The van der Waals surface area contributed by atoms with Crippen molar-refractivity contribution < 1.29 is 28.2 Å². The van der Waals surface area contributed by atoms with E-state index in [0.717, 1.165) is 27.5 Å². The number of aromatic nitrogens is 3. The number of hydrogen-bond donors (Lipinski definition) is 2. The number of aryl methyl sites for hydroxylation is 1. The molecule has 2 aliphatic heterocycles. The number of thiophene rings is 1. The van der Waals surface area contributed by atoms with Crippen LogP contribution in [0.25, 0.3) is 16.7 Å². The number of fused-ring (bicyclic) bond motifs is 1. The van der Waals surface area contributed by atoms with Gasteiger partial charge in [-0.2, -0.15) is 9.36 Å². The highest BCUT2D eigenvalue weighted by Crippen LogP contribution is 2.45. The lowest BCUT2D eigenvalue weighted by Crippen LogP contribution is -2.70. The fourth-order valence-electron chi connectivity index (χ4n) is 3.95. The highest BCUT2D eigenvalue weighted by molar-refractivity contribution is 8.00. The number of thioether (sulfide) groups is 1. The van der Waals surface area contributed by atoms with E-state index >= 15 is 0 Å². The second kappa shape index (κ2) is 10.7. The average Bonchev–Trinajstić information content (AvgIpc) is 3.56. The first-order valence-electron chi connectivity index (χ1n) is 10.9. The molecule has 0 bridgehead atoms. The van der Waals surface area contributed by atoms with Crippen LogP contribution in [0.15, 0.2) is 46.8 Å². The quantitative estimate of drug-likeness (QED) is 0.130. The van der Waals surface area contributed by atoms with Crippen molar-refractivity contribution in [2.75, 3.05) is 18.3 Å². The van der Waals surface area contributed by atoms with Crippen molar-refractivity contribution in [2.45, 2.75) is 11.4 Å². The van der Waals surface area contributed by atoms with Crippen molar-refractivity contribution in [1.29, 1.82) is 0 Å². The van der Waals surface area contributed by atoms with Crippen LogP contribution in [0.3, 0.4) is 0 Å². The van der Waals surface area contributed by atoms with Crippen LogP contribution in [0.1, 0.15) is 10.7 Å². The molecule has 2 aliphatic rings. The maximum Gasteiger partial charge on any atom is 0.278 e. The van der Waals surface area contributed by atoms with Crippen LogP contribution in [0.4, 0.5) is 9.52 Å². The number of alkyl halides is 1. The zero-order valence-corrected chi connectivity index (χ0v) is 22.8. The minimum atomic E-state index is -1.28. The molecule has 1 fully saturated rings. The van der Waals surface area contributed by atoms with Crippen LogP contribution in [0.5, 0.6) is 0 Å². The van der Waals surface area contributed by atoms with Gasteiger partial charge in [-0.3, -0.25) is 14.5 Å². The van der Waals surface area contributed by atoms with Crippen molar-refractivity contribution in [3.05, 3.63) is 52.4 Å². The number of nitrogens with one attached hydrogen (secondary N) is 1. The van der Waals surface area contributed by atoms with Crippen LogP contribution < -0.4 is 15.6 Å².